The molecule has 0 saturated carbocycles. The molecule has 1 rings (SSSR count). The Morgan fingerprint density at radius 3 is 2.58 bits per heavy atom. The van der Waals surface area contributed by atoms with Crippen LogP contribution < -0.4 is 5.73 Å². The standard InChI is InChI=1S/C17H31N3O4/c1-5-12(3)15(18)16(22)19(4)11-14(21)20-9-7-8-13(10-20)17(23)24-6-2/h12-13,15H,5-11,18H2,1-4H3. The lowest BCUT2D eigenvalue weighted by Crippen LogP contribution is -2.51. The van der Waals surface area contributed by atoms with Gasteiger partial charge in [0.1, 0.15) is 0 Å². The van der Waals surface area contributed by atoms with Gasteiger partial charge in [-0.05, 0) is 25.7 Å². The lowest BCUT2D eigenvalue weighted by molar-refractivity contribution is -0.152. The number of nitrogens with two attached hydrogens (primary N) is 1. The lowest BCUT2D eigenvalue weighted by Gasteiger charge is -2.33. The zero-order chi connectivity index (χ0) is 18.3. The number of ether oxygens (including phenoxy) is 1. The van der Waals surface area contributed by atoms with E-state index < -0.39 is 6.04 Å². The molecule has 0 spiro atoms. The van der Waals surface area contributed by atoms with Crippen molar-refractivity contribution in [2.24, 2.45) is 17.6 Å². The van der Waals surface area contributed by atoms with Crippen LogP contribution in [0.1, 0.15) is 40.0 Å². The molecule has 1 aliphatic heterocycles. The van der Waals surface area contributed by atoms with Crippen molar-refractivity contribution in [3.05, 3.63) is 0 Å². The van der Waals surface area contributed by atoms with Gasteiger partial charge >= 0.3 is 5.97 Å². The number of hydrogen-bond donors (Lipinski definition) is 1. The third-order valence-electron chi connectivity index (χ3n) is 4.68. The van der Waals surface area contributed by atoms with E-state index in [0.29, 0.717) is 19.7 Å². The molecule has 2 amide bonds. The van der Waals surface area contributed by atoms with Crippen molar-refractivity contribution in [2.75, 3.05) is 33.3 Å². The largest absolute Gasteiger partial charge is 0.466 e. The third-order valence-corrected chi connectivity index (χ3v) is 4.68. The average molecular weight is 341 g/mol. The van der Waals surface area contributed by atoms with Crippen molar-refractivity contribution in [3.63, 3.8) is 0 Å². The fraction of sp³-hybridized carbons (Fsp3) is 0.824. The van der Waals surface area contributed by atoms with Crippen LogP contribution in [-0.4, -0.2) is 66.9 Å². The third kappa shape index (κ3) is 5.47. The maximum atomic E-state index is 12.4. The minimum atomic E-state index is -0.596. The number of rotatable bonds is 7. The summed E-state index contributed by atoms with van der Waals surface area (Å²) >= 11 is 0. The zero-order valence-corrected chi connectivity index (χ0v) is 15.3. The van der Waals surface area contributed by atoms with Gasteiger partial charge in [0, 0.05) is 20.1 Å². The van der Waals surface area contributed by atoms with Crippen LogP contribution in [0, 0.1) is 11.8 Å². The summed E-state index contributed by atoms with van der Waals surface area (Å²) in [5, 5.41) is 0. The Labute approximate surface area is 144 Å². The monoisotopic (exact) mass is 341 g/mol. The summed E-state index contributed by atoms with van der Waals surface area (Å²) < 4.78 is 5.04. The summed E-state index contributed by atoms with van der Waals surface area (Å²) in [5.41, 5.74) is 5.94. The number of likely N-dealkylation sites (tertiary alicyclic amines) is 1. The van der Waals surface area contributed by atoms with Gasteiger partial charge in [0.15, 0.2) is 0 Å². The summed E-state index contributed by atoms with van der Waals surface area (Å²) in [6.45, 7) is 6.96. The van der Waals surface area contributed by atoms with Gasteiger partial charge in [0.2, 0.25) is 11.8 Å². The maximum Gasteiger partial charge on any atom is 0.310 e. The summed E-state index contributed by atoms with van der Waals surface area (Å²) in [5.74, 6) is -0.838. The molecule has 0 aromatic heterocycles. The van der Waals surface area contributed by atoms with Crippen molar-refractivity contribution in [1.82, 2.24) is 9.80 Å². The Kier molecular flexibility index (Phi) is 8.18. The fourth-order valence-electron chi connectivity index (χ4n) is 2.79. The van der Waals surface area contributed by atoms with Crippen molar-refractivity contribution < 1.29 is 19.1 Å². The first-order chi connectivity index (χ1) is 11.3. The van der Waals surface area contributed by atoms with Gasteiger partial charge in [-0.2, -0.15) is 0 Å². The molecule has 0 bridgehead atoms. The highest BCUT2D eigenvalue weighted by molar-refractivity contribution is 5.87. The first kappa shape index (κ1) is 20.4. The van der Waals surface area contributed by atoms with E-state index in [9.17, 15) is 14.4 Å². The highest BCUT2D eigenvalue weighted by atomic mass is 16.5. The van der Waals surface area contributed by atoms with Crippen molar-refractivity contribution in [3.8, 4) is 0 Å². The molecule has 7 nitrogen and oxygen atoms in total. The van der Waals surface area contributed by atoms with Crippen LogP contribution in [0.15, 0.2) is 0 Å². The number of hydrogen-bond acceptors (Lipinski definition) is 5. The SMILES string of the molecule is CCOC(=O)C1CCCN(C(=O)CN(C)C(=O)C(N)C(C)CC)C1. The van der Waals surface area contributed by atoms with Crippen LogP contribution in [0.4, 0.5) is 0 Å². The highest BCUT2D eigenvalue weighted by Gasteiger charge is 2.31. The molecule has 1 heterocycles. The first-order valence-corrected chi connectivity index (χ1v) is 8.76. The summed E-state index contributed by atoms with van der Waals surface area (Å²) in [6.07, 6.45) is 2.30. The average Bonchev–Trinajstić information content (AvgIpc) is 2.59. The van der Waals surface area contributed by atoms with Crippen LogP contribution in [0.3, 0.4) is 0 Å². The quantitative estimate of drug-likeness (QED) is 0.685. The number of amides is 2. The van der Waals surface area contributed by atoms with E-state index in [4.69, 9.17) is 10.5 Å². The van der Waals surface area contributed by atoms with Crippen molar-refractivity contribution in [1.29, 1.82) is 0 Å². The minimum absolute atomic E-state index is 0.0154. The molecule has 7 heteroatoms. The molecule has 2 N–H and O–H groups in total. The van der Waals surface area contributed by atoms with Gasteiger partial charge in [0.25, 0.3) is 0 Å². The van der Waals surface area contributed by atoms with Gasteiger partial charge in [0.05, 0.1) is 25.1 Å². The molecule has 24 heavy (non-hydrogen) atoms. The van der Waals surface area contributed by atoms with Crippen molar-refractivity contribution >= 4 is 17.8 Å². The Balaban J connectivity index is 2.57. The van der Waals surface area contributed by atoms with Gasteiger partial charge in [-0.1, -0.05) is 20.3 Å². The van der Waals surface area contributed by atoms with E-state index in [2.05, 4.69) is 0 Å². The molecule has 0 aliphatic carbocycles. The number of esters is 1. The smallest absolute Gasteiger partial charge is 0.310 e. The first-order valence-electron chi connectivity index (χ1n) is 8.76. The second kappa shape index (κ2) is 9.61. The molecule has 1 aliphatic rings. The fourth-order valence-corrected chi connectivity index (χ4v) is 2.79. The molecule has 0 aromatic rings. The summed E-state index contributed by atoms with van der Waals surface area (Å²) in [6, 6.07) is -0.596. The van der Waals surface area contributed by atoms with Gasteiger partial charge < -0.3 is 20.3 Å². The summed E-state index contributed by atoms with van der Waals surface area (Å²) in [4.78, 5) is 39.6. The normalized spacial score (nSPS) is 20.2. The Bertz CT molecular complexity index is 455. The lowest BCUT2D eigenvalue weighted by atomic mass is 9.98. The van der Waals surface area contributed by atoms with E-state index in [-0.39, 0.29) is 36.2 Å². The van der Waals surface area contributed by atoms with E-state index in [1.54, 1.807) is 18.9 Å². The van der Waals surface area contributed by atoms with Crippen LogP contribution in [0.5, 0.6) is 0 Å². The van der Waals surface area contributed by atoms with Crippen LogP contribution in [-0.2, 0) is 19.1 Å². The second-order valence-electron chi connectivity index (χ2n) is 6.54. The summed E-state index contributed by atoms with van der Waals surface area (Å²) in [7, 11) is 1.59. The highest BCUT2D eigenvalue weighted by Crippen LogP contribution is 2.18. The molecule has 1 saturated heterocycles. The van der Waals surface area contributed by atoms with E-state index in [1.807, 2.05) is 13.8 Å². The predicted octanol–water partition coefficient (Wildman–Crippen LogP) is 0.620. The molecule has 1 fully saturated rings. The van der Waals surface area contributed by atoms with Crippen LogP contribution in [0.2, 0.25) is 0 Å². The topological polar surface area (TPSA) is 92.9 Å². The Morgan fingerprint density at radius 2 is 2.00 bits per heavy atom. The van der Waals surface area contributed by atoms with Gasteiger partial charge in [-0.3, -0.25) is 14.4 Å². The Morgan fingerprint density at radius 1 is 1.33 bits per heavy atom. The van der Waals surface area contributed by atoms with Crippen LogP contribution >= 0.6 is 0 Å². The number of nitrogens with zero attached hydrogens (tertiary/aromatic N) is 2. The van der Waals surface area contributed by atoms with Gasteiger partial charge in [-0.25, -0.2) is 0 Å². The number of carbonyl (C=O) groups is 3. The molecule has 138 valence electrons. The molecule has 0 radical (unpaired) electrons. The molecular formula is C17H31N3O4. The zero-order valence-electron chi connectivity index (χ0n) is 15.3. The number of carbonyl (C=O) groups excluding carboxylic acids is 3. The molecule has 3 atom stereocenters. The van der Waals surface area contributed by atoms with E-state index in [0.717, 1.165) is 19.3 Å². The van der Waals surface area contributed by atoms with Gasteiger partial charge in [-0.15, -0.1) is 0 Å². The maximum absolute atomic E-state index is 12.4. The predicted molar refractivity (Wildman–Crippen MR) is 91.0 cm³/mol. The van der Waals surface area contributed by atoms with E-state index in [1.165, 1.54) is 4.90 Å². The molecular weight excluding hydrogens is 310 g/mol. The van der Waals surface area contributed by atoms with E-state index >= 15 is 0 Å². The number of likely N-dealkylation sites (N-methyl/N-ethyl adjacent to an activating group) is 1. The second-order valence-corrected chi connectivity index (χ2v) is 6.54. The molecule has 3 unspecified atom stereocenters. The minimum Gasteiger partial charge on any atom is -0.466 e. The van der Waals surface area contributed by atoms with Crippen LogP contribution in [0.25, 0.3) is 0 Å². The number of piperidine rings is 1. The molecule has 0 aromatic carbocycles. The Hall–Kier alpha value is -1.63. The van der Waals surface area contributed by atoms with Crippen molar-refractivity contribution in [2.45, 2.75) is 46.1 Å².